The van der Waals surface area contributed by atoms with E-state index in [1.54, 1.807) is 30.3 Å². The molecule has 1 aliphatic heterocycles. The van der Waals surface area contributed by atoms with Gasteiger partial charge < -0.3 is 5.32 Å². The fourth-order valence-electron chi connectivity index (χ4n) is 2.29. The topological polar surface area (TPSA) is 66.5 Å². The number of carbonyl (C=O) groups is 3. The molecule has 1 heterocycles. The average molecular weight is 452 g/mol. The highest BCUT2D eigenvalue weighted by atomic mass is 79.9. The highest BCUT2D eigenvalue weighted by Gasteiger charge is 2.36. The van der Waals surface area contributed by atoms with Crippen molar-refractivity contribution in [2.45, 2.75) is 0 Å². The maximum Gasteiger partial charge on any atom is 0.294 e. The van der Waals surface area contributed by atoms with Crippen molar-refractivity contribution in [1.29, 1.82) is 0 Å². The van der Waals surface area contributed by atoms with Crippen LogP contribution < -0.4 is 5.32 Å². The molecule has 0 aromatic heterocycles. The number of rotatable bonds is 4. The summed E-state index contributed by atoms with van der Waals surface area (Å²) in [5.41, 5.74) is 1.28. The molecule has 1 aliphatic rings. The van der Waals surface area contributed by atoms with E-state index in [2.05, 4.69) is 21.2 Å². The van der Waals surface area contributed by atoms with Crippen molar-refractivity contribution < 1.29 is 14.4 Å². The van der Waals surface area contributed by atoms with Crippen molar-refractivity contribution in [2.75, 3.05) is 11.9 Å². The van der Waals surface area contributed by atoms with Crippen LogP contribution >= 0.6 is 39.3 Å². The first-order valence-corrected chi connectivity index (χ1v) is 9.47. The molecular formula is C18H12BrClN2O3S. The largest absolute Gasteiger partial charge is 0.324 e. The molecule has 1 fully saturated rings. The number of thioether (sulfide) groups is 1. The Labute approximate surface area is 167 Å². The molecule has 0 bridgehead atoms. The first-order valence-electron chi connectivity index (χ1n) is 7.49. The van der Waals surface area contributed by atoms with E-state index >= 15 is 0 Å². The fraction of sp³-hybridized carbons (Fsp3) is 0.0556. The first kappa shape index (κ1) is 18.7. The summed E-state index contributed by atoms with van der Waals surface area (Å²) in [6.07, 6.45) is 1.63. The molecule has 8 heteroatoms. The zero-order chi connectivity index (χ0) is 18.7. The zero-order valence-corrected chi connectivity index (χ0v) is 16.4. The van der Waals surface area contributed by atoms with Crippen molar-refractivity contribution in [1.82, 2.24) is 4.90 Å². The third-order valence-electron chi connectivity index (χ3n) is 3.43. The summed E-state index contributed by atoms with van der Waals surface area (Å²) in [6, 6.07) is 14.0. The van der Waals surface area contributed by atoms with Crippen molar-refractivity contribution in [3.8, 4) is 0 Å². The summed E-state index contributed by atoms with van der Waals surface area (Å²) in [5, 5.41) is 2.62. The van der Waals surface area contributed by atoms with Crippen LogP contribution in [-0.2, 0) is 9.59 Å². The molecule has 0 radical (unpaired) electrons. The molecule has 2 aromatic rings. The standard InChI is InChI=1S/C18H12BrClN2O3S/c19-12-4-1-3-11(7-12)8-15-17(24)22(18(25)26-15)10-16(23)21-14-6-2-5-13(20)9-14/h1-9H,10H2,(H,21,23)/b15-8+. The molecule has 0 atom stereocenters. The zero-order valence-electron chi connectivity index (χ0n) is 13.2. The van der Waals surface area contributed by atoms with Gasteiger partial charge in [0.1, 0.15) is 6.54 Å². The smallest absolute Gasteiger partial charge is 0.294 e. The van der Waals surface area contributed by atoms with Crippen LogP contribution in [0, 0.1) is 0 Å². The fourth-order valence-corrected chi connectivity index (χ4v) is 3.74. The molecule has 1 saturated heterocycles. The average Bonchev–Trinajstić information content (AvgIpc) is 2.82. The highest BCUT2D eigenvalue weighted by molar-refractivity contribution is 9.10. The lowest BCUT2D eigenvalue weighted by Crippen LogP contribution is -2.36. The molecule has 3 rings (SSSR count). The molecule has 1 N–H and O–H groups in total. The van der Waals surface area contributed by atoms with Gasteiger partial charge in [-0.25, -0.2) is 0 Å². The van der Waals surface area contributed by atoms with Gasteiger partial charge in [0.05, 0.1) is 4.91 Å². The van der Waals surface area contributed by atoms with E-state index in [1.165, 1.54) is 0 Å². The number of carbonyl (C=O) groups excluding carboxylic acids is 3. The van der Waals surface area contributed by atoms with Crippen LogP contribution in [0.25, 0.3) is 6.08 Å². The quantitative estimate of drug-likeness (QED) is 0.680. The lowest BCUT2D eigenvalue weighted by molar-refractivity contribution is -0.127. The van der Waals surface area contributed by atoms with E-state index in [1.807, 2.05) is 24.3 Å². The minimum absolute atomic E-state index is 0.281. The van der Waals surface area contributed by atoms with Crippen molar-refractivity contribution in [3.63, 3.8) is 0 Å². The SMILES string of the molecule is O=C(CN1C(=O)S/C(=C/c2cccc(Br)c2)C1=O)Nc1cccc(Cl)c1. The molecule has 0 spiro atoms. The van der Waals surface area contributed by atoms with E-state index in [4.69, 9.17) is 11.6 Å². The number of nitrogens with one attached hydrogen (secondary N) is 1. The van der Waals surface area contributed by atoms with Crippen LogP contribution in [0.4, 0.5) is 10.5 Å². The Kier molecular flexibility index (Phi) is 5.80. The number of halogens is 2. The number of imide groups is 1. The maximum absolute atomic E-state index is 12.5. The maximum atomic E-state index is 12.5. The minimum atomic E-state index is -0.485. The summed E-state index contributed by atoms with van der Waals surface area (Å²) < 4.78 is 0.867. The number of hydrogen-bond donors (Lipinski definition) is 1. The van der Waals surface area contributed by atoms with Gasteiger partial charge in [-0.05, 0) is 53.7 Å². The Morgan fingerprint density at radius 2 is 1.96 bits per heavy atom. The lowest BCUT2D eigenvalue weighted by atomic mass is 10.2. The Balaban J connectivity index is 1.70. The van der Waals surface area contributed by atoms with Gasteiger partial charge >= 0.3 is 0 Å². The predicted molar refractivity (Wildman–Crippen MR) is 107 cm³/mol. The van der Waals surface area contributed by atoms with Gasteiger partial charge in [-0.1, -0.05) is 45.7 Å². The summed E-state index contributed by atoms with van der Waals surface area (Å²) in [6.45, 7) is -0.354. The molecule has 132 valence electrons. The third-order valence-corrected chi connectivity index (χ3v) is 5.07. The summed E-state index contributed by atoms with van der Waals surface area (Å²) in [5.74, 6) is -0.959. The number of benzene rings is 2. The second kappa shape index (κ2) is 8.07. The van der Waals surface area contributed by atoms with E-state index in [9.17, 15) is 14.4 Å². The normalized spacial score (nSPS) is 15.6. The molecule has 0 aliphatic carbocycles. The van der Waals surface area contributed by atoms with Gasteiger partial charge in [0.2, 0.25) is 5.91 Å². The van der Waals surface area contributed by atoms with Gasteiger partial charge in [-0.3, -0.25) is 19.3 Å². The van der Waals surface area contributed by atoms with Crippen LogP contribution in [-0.4, -0.2) is 28.5 Å². The van der Waals surface area contributed by atoms with E-state index in [0.717, 1.165) is 26.7 Å². The number of hydrogen-bond acceptors (Lipinski definition) is 4. The molecular weight excluding hydrogens is 440 g/mol. The first-order chi connectivity index (χ1) is 12.4. The summed E-state index contributed by atoms with van der Waals surface area (Å²) in [7, 11) is 0. The van der Waals surface area contributed by atoms with Gasteiger partial charge in [0, 0.05) is 15.2 Å². The van der Waals surface area contributed by atoms with E-state index in [-0.39, 0.29) is 11.4 Å². The van der Waals surface area contributed by atoms with Crippen LogP contribution in [0.2, 0.25) is 5.02 Å². The van der Waals surface area contributed by atoms with Crippen LogP contribution in [0.3, 0.4) is 0 Å². The Morgan fingerprint density at radius 3 is 2.69 bits per heavy atom. The molecule has 26 heavy (non-hydrogen) atoms. The highest BCUT2D eigenvalue weighted by Crippen LogP contribution is 2.32. The third kappa shape index (κ3) is 4.55. The number of amides is 3. The minimum Gasteiger partial charge on any atom is -0.324 e. The summed E-state index contributed by atoms with van der Waals surface area (Å²) in [4.78, 5) is 37.9. The van der Waals surface area contributed by atoms with Gasteiger partial charge in [0.15, 0.2) is 0 Å². The predicted octanol–water partition coefficient (Wildman–Crippen LogP) is 4.78. The van der Waals surface area contributed by atoms with Crippen molar-refractivity contribution in [2.24, 2.45) is 0 Å². The molecule has 3 amide bonds. The Bertz CT molecular complexity index is 932. The van der Waals surface area contributed by atoms with Crippen LogP contribution in [0.5, 0.6) is 0 Å². The van der Waals surface area contributed by atoms with Crippen LogP contribution in [0.15, 0.2) is 57.9 Å². The lowest BCUT2D eigenvalue weighted by Gasteiger charge is -2.12. The second-order valence-corrected chi connectivity index (χ2v) is 7.73. The molecule has 0 unspecified atom stereocenters. The molecule has 5 nitrogen and oxygen atoms in total. The van der Waals surface area contributed by atoms with Crippen molar-refractivity contribution in [3.05, 3.63) is 68.5 Å². The van der Waals surface area contributed by atoms with Gasteiger partial charge in [0.25, 0.3) is 11.1 Å². The second-order valence-electron chi connectivity index (χ2n) is 5.38. The van der Waals surface area contributed by atoms with Gasteiger partial charge in [-0.15, -0.1) is 0 Å². The van der Waals surface area contributed by atoms with E-state index < -0.39 is 17.1 Å². The number of nitrogens with zero attached hydrogens (tertiary/aromatic N) is 1. The van der Waals surface area contributed by atoms with Gasteiger partial charge in [-0.2, -0.15) is 0 Å². The number of anilines is 1. The molecule has 0 saturated carbocycles. The summed E-state index contributed by atoms with van der Waals surface area (Å²) >= 11 is 10.0. The van der Waals surface area contributed by atoms with Crippen molar-refractivity contribution >= 4 is 68.1 Å². The Hall–Kier alpha value is -2.09. The Morgan fingerprint density at radius 1 is 1.19 bits per heavy atom. The van der Waals surface area contributed by atoms with Crippen LogP contribution in [0.1, 0.15) is 5.56 Å². The van der Waals surface area contributed by atoms with E-state index in [0.29, 0.717) is 10.7 Å². The molecule has 2 aromatic carbocycles. The monoisotopic (exact) mass is 450 g/mol.